The number of alkyl halides is 3. The number of hydrogen-bond donors (Lipinski definition) is 0. The Morgan fingerprint density at radius 2 is 2.00 bits per heavy atom. The van der Waals surface area contributed by atoms with Gasteiger partial charge in [-0.25, -0.2) is 4.98 Å². The van der Waals surface area contributed by atoms with E-state index in [9.17, 15) is 18.0 Å². The third-order valence-corrected chi connectivity index (χ3v) is 5.43. The number of carbonyl (C=O) groups is 1. The van der Waals surface area contributed by atoms with Crippen molar-refractivity contribution in [3.05, 3.63) is 23.8 Å². The van der Waals surface area contributed by atoms with E-state index in [-0.39, 0.29) is 12.1 Å². The van der Waals surface area contributed by atoms with Crippen molar-refractivity contribution in [2.45, 2.75) is 32.1 Å². The van der Waals surface area contributed by atoms with Crippen molar-refractivity contribution in [2.24, 2.45) is 0 Å². The summed E-state index contributed by atoms with van der Waals surface area (Å²) in [5, 5.41) is 0.165. The molecule has 1 fully saturated rings. The highest BCUT2D eigenvalue weighted by Gasteiger charge is 2.34. The third kappa shape index (κ3) is 3.17. The lowest BCUT2D eigenvalue weighted by atomic mass is 10.1. The number of amides is 1. The summed E-state index contributed by atoms with van der Waals surface area (Å²) in [4.78, 5) is 19.5. The van der Waals surface area contributed by atoms with Gasteiger partial charge >= 0.3 is 11.5 Å². The highest BCUT2D eigenvalue weighted by atomic mass is 35.5. The second-order valence-corrected chi connectivity index (χ2v) is 7.26. The predicted octanol–water partition coefficient (Wildman–Crippen LogP) is 4.57. The number of nitrogens with zero attached hydrogens (tertiary/aromatic N) is 3. The molecule has 1 amide bonds. The van der Waals surface area contributed by atoms with E-state index in [1.54, 1.807) is 4.90 Å². The lowest BCUT2D eigenvalue weighted by molar-refractivity contribution is -0.137. The summed E-state index contributed by atoms with van der Waals surface area (Å²) in [6, 6.07) is 3.45. The number of thiazole rings is 1. The molecule has 24 heavy (non-hydrogen) atoms. The second-order valence-electron chi connectivity index (χ2n) is 5.93. The number of piperazine rings is 1. The fourth-order valence-corrected chi connectivity index (χ4v) is 4.20. The SMILES string of the molecule is C[C@@H]1CN(c2nc3ccc(C(F)(F)F)cc3s2)[C@@H](C)CN1C(=O)Cl. The number of anilines is 1. The van der Waals surface area contributed by atoms with E-state index in [1.807, 2.05) is 18.7 Å². The van der Waals surface area contributed by atoms with Crippen molar-refractivity contribution in [3.63, 3.8) is 0 Å². The monoisotopic (exact) mass is 377 g/mol. The summed E-state index contributed by atoms with van der Waals surface area (Å²) in [5.74, 6) is 0. The largest absolute Gasteiger partial charge is 0.416 e. The van der Waals surface area contributed by atoms with Crippen LogP contribution in [0.25, 0.3) is 10.2 Å². The standard InChI is InChI=1S/C15H15ClF3N3OS/c1-8-7-22(9(2)6-21(8)13(16)23)14-20-11-4-3-10(15(17,18)19)5-12(11)24-14/h3-5,8-9H,6-7H2,1-2H3/t8-,9+/m1/s1. The second kappa shape index (κ2) is 6.07. The molecule has 1 aliphatic rings. The Labute approximate surface area is 145 Å². The first-order valence-corrected chi connectivity index (χ1v) is 8.57. The number of rotatable bonds is 1. The van der Waals surface area contributed by atoms with Crippen LogP contribution in [0.5, 0.6) is 0 Å². The number of hydrogen-bond acceptors (Lipinski definition) is 4. The fraction of sp³-hybridized carbons (Fsp3) is 0.467. The summed E-state index contributed by atoms with van der Waals surface area (Å²) in [6.07, 6.45) is -4.37. The highest BCUT2D eigenvalue weighted by molar-refractivity contribution is 7.22. The van der Waals surface area contributed by atoms with Gasteiger partial charge in [-0.3, -0.25) is 4.79 Å². The molecular formula is C15H15ClF3N3OS. The Morgan fingerprint density at radius 1 is 1.29 bits per heavy atom. The molecule has 4 nitrogen and oxygen atoms in total. The Bertz CT molecular complexity index is 779. The zero-order valence-corrected chi connectivity index (χ0v) is 14.5. The molecule has 9 heteroatoms. The molecule has 0 radical (unpaired) electrons. The summed E-state index contributed by atoms with van der Waals surface area (Å²) in [6.45, 7) is 4.80. The predicted molar refractivity (Wildman–Crippen MR) is 88.8 cm³/mol. The van der Waals surface area contributed by atoms with Gasteiger partial charge in [-0.15, -0.1) is 0 Å². The maximum absolute atomic E-state index is 12.8. The summed E-state index contributed by atoms with van der Waals surface area (Å²) < 4.78 is 39.0. The summed E-state index contributed by atoms with van der Waals surface area (Å²) in [5.41, 5.74) is -0.136. The van der Waals surface area contributed by atoms with Gasteiger partial charge in [0.15, 0.2) is 5.13 Å². The van der Waals surface area contributed by atoms with Gasteiger partial charge < -0.3 is 9.80 Å². The average Bonchev–Trinajstić information content (AvgIpc) is 2.90. The molecule has 2 aromatic rings. The maximum atomic E-state index is 12.8. The molecule has 1 saturated heterocycles. The van der Waals surface area contributed by atoms with Crippen LogP contribution in [0.2, 0.25) is 0 Å². The lowest BCUT2D eigenvalue weighted by Crippen LogP contribution is -2.57. The Hall–Kier alpha value is -1.54. The van der Waals surface area contributed by atoms with Crippen LogP contribution in [0.1, 0.15) is 19.4 Å². The molecular weight excluding hydrogens is 363 g/mol. The first-order chi connectivity index (χ1) is 11.2. The first-order valence-electron chi connectivity index (χ1n) is 7.37. The third-order valence-electron chi connectivity index (χ3n) is 4.16. The maximum Gasteiger partial charge on any atom is 0.416 e. The van der Waals surface area contributed by atoms with Gasteiger partial charge in [-0.05, 0) is 43.6 Å². The van der Waals surface area contributed by atoms with Gasteiger partial charge in [-0.2, -0.15) is 13.2 Å². The quantitative estimate of drug-likeness (QED) is 0.539. The smallest absolute Gasteiger partial charge is 0.342 e. The minimum Gasteiger partial charge on any atom is -0.342 e. The number of benzene rings is 1. The fourth-order valence-electron chi connectivity index (χ4n) is 2.85. The van der Waals surface area contributed by atoms with Crippen molar-refractivity contribution in [3.8, 4) is 0 Å². The zero-order chi connectivity index (χ0) is 17.6. The van der Waals surface area contributed by atoms with E-state index in [4.69, 9.17) is 11.6 Å². The number of fused-ring (bicyclic) bond motifs is 1. The Balaban J connectivity index is 1.91. The molecule has 2 atom stereocenters. The van der Waals surface area contributed by atoms with Crippen molar-refractivity contribution in [1.29, 1.82) is 0 Å². The van der Waals surface area contributed by atoms with Crippen LogP contribution >= 0.6 is 22.9 Å². The zero-order valence-electron chi connectivity index (χ0n) is 13.0. The normalized spacial score (nSPS) is 22.2. The van der Waals surface area contributed by atoms with E-state index in [0.717, 1.165) is 12.1 Å². The molecule has 3 rings (SSSR count). The van der Waals surface area contributed by atoms with E-state index in [2.05, 4.69) is 4.98 Å². The topological polar surface area (TPSA) is 36.4 Å². The van der Waals surface area contributed by atoms with E-state index in [0.29, 0.717) is 28.4 Å². The van der Waals surface area contributed by atoms with Crippen molar-refractivity contribution < 1.29 is 18.0 Å². The van der Waals surface area contributed by atoms with Gasteiger partial charge in [0.2, 0.25) is 0 Å². The molecule has 1 aromatic heterocycles. The Kier molecular flexibility index (Phi) is 4.37. The van der Waals surface area contributed by atoms with Gasteiger partial charge in [-0.1, -0.05) is 11.3 Å². The van der Waals surface area contributed by atoms with Crippen LogP contribution in [0.3, 0.4) is 0 Å². The minimum atomic E-state index is -4.37. The average molecular weight is 378 g/mol. The molecule has 0 N–H and O–H groups in total. The molecule has 1 aromatic carbocycles. The van der Waals surface area contributed by atoms with Crippen molar-refractivity contribution in [2.75, 3.05) is 18.0 Å². The molecule has 1 aliphatic heterocycles. The summed E-state index contributed by atoms with van der Waals surface area (Å²) >= 11 is 6.81. The molecule has 0 spiro atoms. The molecule has 2 heterocycles. The summed E-state index contributed by atoms with van der Waals surface area (Å²) in [7, 11) is 0. The van der Waals surface area contributed by atoms with Crippen LogP contribution in [-0.4, -0.2) is 40.4 Å². The van der Waals surface area contributed by atoms with E-state index < -0.39 is 17.1 Å². The molecule has 0 aliphatic carbocycles. The molecule has 0 unspecified atom stereocenters. The van der Waals surface area contributed by atoms with Crippen LogP contribution in [0.15, 0.2) is 18.2 Å². The minimum absolute atomic E-state index is 0.0217. The van der Waals surface area contributed by atoms with Crippen LogP contribution in [0.4, 0.5) is 23.1 Å². The van der Waals surface area contributed by atoms with Gasteiger partial charge in [0, 0.05) is 25.2 Å². The first kappa shape index (κ1) is 17.3. The lowest BCUT2D eigenvalue weighted by Gasteiger charge is -2.43. The van der Waals surface area contributed by atoms with Crippen molar-refractivity contribution in [1.82, 2.24) is 9.88 Å². The van der Waals surface area contributed by atoms with Crippen molar-refractivity contribution >= 4 is 43.7 Å². The van der Waals surface area contributed by atoms with Crippen LogP contribution < -0.4 is 4.90 Å². The number of halogens is 4. The van der Waals surface area contributed by atoms with E-state index >= 15 is 0 Å². The van der Waals surface area contributed by atoms with Crippen LogP contribution in [-0.2, 0) is 6.18 Å². The van der Waals surface area contributed by atoms with Gasteiger partial charge in [0.1, 0.15) is 0 Å². The van der Waals surface area contributed by atoms with E-state index in [1.165, 1.54) is 17.4 Å². The Morgan fingerprint density at radius 3 is 2.62 bits per heavy atom. The highest BCUT2D eigenvalue weighted by Crippen LogP contribution is 2.36. The molecule has 0 saturated carbocycles. The van der Waals surface area contributed by atoms with Crippen LogP contribution in [0, 0.1) is 0 Å². The number of aromatic nitrogens is 1. The van der Waals surface area contributed by atoms with Gasteiger partial charge in [0.05, 0.1) is 15.8 Å². The number of carbonyl (C=O) groups excluding carboxylic acids is 1. The van der Waals surface area contributed by atoms with Gasteiger partial charge in [0.25, 0.3) is 0 Å². The molecule has 0 bridgehead atoms. The molecule has 130 valence electrons.